The summed E-state index contributed by atoms with van der Waals surface area (Å²) in [4.78, 5) is 3.74. The van der Waals surface area contributed by atoms with Crippen LogP contribution >= 0.6 is 11.8 Å². The molecule has 0 unspecified atom stereocenters. The quantitative estimate of drug-likeness (QED) is 0.726. The third-order valence-electron chi connectivity index (χ3n) is 2.82. The van der Waals surface area contributed by atoms with Gasteiger partial charge in [-0.05, 0) is 24.0 Å². The minimum absolute atomic E-state index is 0.454. The Morgan fingerprint density at radius 2 is 2.00 bits per heavy atom. The summed E-state index contributed by atoms with van der Waals surface area (Å²) in [5, 5.41) is 0. The van der Waals surface area contributed by atoms with Gasteiger partial charge >= 0.3 is 0 Å². The number of ether oxygens (including phenoxy) is 1. The Hall–Kier alpha value is -0.510. The van der Waals surface area contributed by atoms with Gasteiger partial charge in [-0.2, -0.15) is 0 Å². The zero-order chi connectivity index (χ0) is 10.7. The first-order valence-electron chi connectivity index (χ1n) is 5.20. The largest absolute Gasteiger partial charge is 0.379 e. The van der Waals surface area contributed by atoms with Gasteiger partial charge in [-0.3, -0.25) is 4.90 Å². The molecule has 1 aromatic rings. The van der Waals surface area contributed by atoms with Crippen LogP contribution in [0.1, 0.15) is 5.56 Å². The van der Waals surface area contributed by atoms with Crippen LogP contribution in [0, 0.1) is 0 Å². The van der Waals surface area contributed by atoms with Crippen molar-refractivity contribution in [1.29, 1.82) is 0 Å². The number of benzene rings is 1. The predicted molar refractivity (Wildman–Crippen MR) is 64.3 cm³/mol. The molecule has 1 saturated heterocycles. The summed E-state index contributed by atoms with van der Waals surface area (Å²) < 4.78 is 5.25. The van der Waals surface area contributed by atoms with Crippen LogP contribution in [0.15, 0.2) is 29.2 Å². The van der Waals surface area contributed by atoms with E-state index in [4.69, 9.17) is 4.74 Å². The fourth-order valence-electron chi connectivity index (χ4n) is 1.79. The molecule has 0 N–H and O–H groups in total. The van der Waals surface area contributed by atoms with Gasteiger partial charge in [0.25, 0.3) is 0 Å². The van der Waals surface area contributed by atoms with E-state index in [0.717, 1.165) is 19.6 Å². The van der Waals surface area contributed by atoms with Crippen molar-refractivity contribution in [3.63, 3.8) is 0 Å². The molecule has 0 spiro atoms. The number of hydrogen-bond donors (Lipinski definition) is 0. The van der Waals surface area contributed by atoms with Crippen molar-refractivity contribution < 1.29 is 4.74 Å². The molecule has 82 valence electrons. The lowest BCUT2D eigenvalue weighted by atomic mass is 10.1. The first-order valence-corrected chi connectivity index (χ1v) is 6.42. The maximum absolute atomic E-state index is 5.25. The lowest BCUT2D eigenvalue weighted by Crippen LogP contribution is -2.50. The third-order valence-corrected chi connectivity index (χ3v) is 3.57. The molecule has 1 aliphatic heterocycles. The van der Waals surface area contributed by atoms with E-state index in [-0.39, 0.29) is 0 Å². The highest BCUT2D eigenvalue weighted by Gasteiger charge is 2.25. The molecule has 1 aliphatic rings. The van der Waals surface area contributed by atoms with Crippen molar-refractivity contribution in [3.05, 3.63) is 29.8 Å². The molecule has 0 aliphatic carbocycles. The molecule has 3 heteroatoms. The summed E-state index contributed by atoms with van der Waals surface area (Å²) in [6.07, 6.45) is 2.56. The normalized spacial score (nSPS) is 17.7. The average molecular weight is 223 g/mol. The molecule has 1 heterocycles. The second-order valence-corrected chi connectivity index (χ2v) is 4.78. The van der Waals surface area contributed by atoms with Gasteiger partial charge in [0.05, 0.1) is 6.10 Å². The molecule has 0 radical (unpaired) electrons. The van der Waals surface area contributed by atoms with Crippen LogP contribution in [0.4, 0.5) is 0 Å². The molecule has 2 nitrogen and oxygen atoms in total. The van der Waals surface area contributed by atoms with Crippen LogP contribution in [0.25, 0.3) is 0 Å². The summed E-state index contributed by atoms with van der Waals surface area (Å²) in [5.41, 5.74) is 1.39. The molecule has 0 saturated carbocycles. The van der Waals surface area contributed by atoms with Gasteiger partial charge in [0.2, 0.25) is 0 Å². The van der Waals surface area contributed by atoms with Crippen LogP contribution in [-0.2, 0) is 11.3 Å². The highest BCUT2D eigenvalue weighted by atomic mass is 32.2. The van der Waals surface area contributed by atoms with Crippen molar-refractivity contribution in [2.24, 2.45) is 0 Å². The summed E-state index contributed by atoms with van der Waals surface area (Å²) in [7, 11) is 1.79. The molecule has 15 heavy (non-hydrogen) atoms. The van der Waals surface area contributed by atoms with Crippen LogP contribution in [0.3, 0.4) is 0 Å². The zero-order valence-corrected chi connectivity index (χ0v) is 10.1. The number of hydrogen-bond acceptors (Lipinski definition) is 3. The minimum atomic E-state index is 0.454. The summed E-state index contributed by atoms with van der Waals surface area (Å²) in [6, 6.07) is 8.80. The molecule has 1 aromatic carbocycles. The minimum Gasteiger partial charge on any atom is -0.379 e. The molecule has 1 fully saturated rings. The monoisotopic (exact) mass is 223 g/mol. The van der Waals surface area contributed by atoms with E-state index >= 15 is 0 Å². The summed E-state index contributed by atoms with van der Waals surface area (Å²) in [6.45, 7) is 3.19. The molecule has 0 amide bonds. The SMILES string of the molecule is COC1CN(Cc2ccc(SC)cc2)C1. The highest BCUT2D eigenvalue weighted by molar-refractivity contribution is 7.98. The molecule has 0 aromatic heterocycles. The average Bonchev–Trinajstić information content (AvgIpc) is 2.23. The maximum atomic E-state index is 5.25. The van der Waals surface area contributed by atoms with Crippen LogP contribution in [0.2, 0.25) is 0 Å². The number of methoxy groups -OCH3 is 1. The number of likely N-dealkylation sites (tertiary alicyclic amines) is 1. The Bertz CT molecular complexity index is 306. The van der Waals surface area contributed by atoms with Gasteiger partial charge in [0.15, 0.2) is 0 Å². The van der Waals surface area contributed by atoms with E-state index < -0.39 is 0 Å². The Kier molecular flexibility index (Phi) is 3.67. The van der Waals surface area contributed by atoms with E-state index in [1.807, 2.05) is 0 Å². The molecule has 0 atom stereocenters. The van der Waals surface area contributed by atoms with E-state index in [0.29, 0.717) is 6.10 Å². The smallest absolute Gasteiger partial charge is 0.0825 e. The Labute approximate surface area is 95.6 Å². The van der Waals surface area contributed by atoms with Gasteiger partial charge in [-0.25, -0.2) is 0 Å². The topological polar surface area (TPSA) is 12.5 Å². The number of nitrogens with zero attached hydrogens (tertiary/aromatic N) is 1. The van der Waals surface area contributed by atoms with E-state index in [1.54, 1.807) is 18.9 Å². The van der Waals surface area contributed by atoms with Crippen molar-refractivity contribution in [1.82, 2.24) is 4.90 Å². The second kappa shape index (κ2) is 5.01. The van der Waals surface area contributed by atoms with Crippen molar-refractivity contribution in [2.75, 3.05) is 26.5 Å². The lowest BCUT2D eigenvalue weighted by Gasteiger charge is -2.38. The fourth-order valence-corrected chi connectivity index (χ4v) is 2.20. The molecular weight excluding hydrogens is 206 g/mol. The van der Waals surface area contributed by atoms with Crippen LogP contribution in [0.5, 0.6) is 0 Å². The van der Waals surface area contributed by atoms with E-state index in [1.165, 1.54) is 10.5 Å². The molecule has 2 rings (SSSR count). The van der Waals surface area contributed by atoms with Gasteiger partial charge in [0, 0.05) is 31.6 Å². The first-order chi connectivity index (χ1) is 7.31. The Morgan fingerprint density at radius 1 is 1.33 bits per heavy atom. The van der Waals surface area contributed by atoms with Crippen molar-refractivity contribution in [2.45, 2.75) is 17.5 Å². The number of thioether (sulfide) groups is 1. The van der Waals surface area contributed by atoms with Crippen LogP contribution in [-0.4, -0.2) is 37.5 Å². The molecule has 0 bridgehead atoms. The lowest BCUT2D eigenvalue weighted by molar-refractivity contribution is -0.0334. The first kappa shape index (κ1) is 11.0. The van der Waals surface area contributed by atoms with Crippen molar-refractivity contribution in [3.8, 4) is 0 Å². The van der Waals surface area contributed by atoms with E-state index in [9.17, 15) is 0 Å². The van der Waals surface area contributed by atoms with Crippen molar-refractivity contribution >= 4 is 11.8 Å². The predicted octanol–water partition coefficient (Wildman–Crippen LogP) is 2.24. The summed E-state index contributed by atoms with van der Waals surface area (Å²) in [5.74, 6) is 0. The Balaban J connectivity index is 1.84. The zero-order valence-electron chi connectivity index (χ0n) is 9.27. The van der Waals surface area contributed by atoms with E-state index in [2.05, 4.69) is 35.4 Å². The van der Waals surface area contributed by atoms with Gasteiger partial charge in [-0.15, -0.1) is 11.8 Å². The summed E-state index contributed by atoms with van der Waals surface area (Å²) >= 11 is 1.79. The third kappa shape index (κ3) is 2.74. The number of rotatable bonds is 4. The Morgan fingerprint density at radius 3 is 2.53 bits per heavy atom. The van der Waals surface area contributed by atoms with Gasteiger partial charge in [-0.1, -0.05) is 12.1 Å². The van der Waals surface area contributed by atoms with Crippen LogP contribution < -0.4 is 0 Å². The molecular formula is C12H17NOS. The van der Waals surface area contributed by atoms with Gasteiger partial charge in [0.1, 0.15) is 0 Å². The fraction of sp³-hybridized carbons (Fsp3) is 0.500. The second-order valence-electron chi connectivity index (χ2n) is 3.90. The van der Waals surface area contributed by atoms with Gasteiger partial charge < -0.3 is 4.74 Å². The maximum Gasteiger partial charge on any atom is 0.0825 e. The standard InChI is InChI=1S/C12H17NOS/c1-14-11-8-13(9-11)7-10-3-5-12(15-2)6-4-10/h3-6,11H,7-9H2,1-2H3. The highest BCUT2D eigenvalue weighted by Crippen LogP contribution is 2.18.